The molecule has 0 fully saturated rings. The van der Waals surface area contributed by atoms with Crippen LogP contribution in [0.2, 0.25) is 5.02 Å². The number of benzene rings is 1. The van der Waals surface area contributed by atoms with Crippen molar-refractivity contribution in [3.05, 3.63) is 71.0 Å². The molecule has 3 aromatic rings. The molecule has 0 unspecified atom stereocenters. The first-order chi connectivity index (χ1) is 12.4. The van der Waals surface area contributed by atoms with Gasteiger partial charge in [0.25, 0.3) is 5.91 Å². The lowest BCUT2D eigenvalue weighted by Crippen LogP contribution is -2.27. The Labute approximate surface area is 153 Å². The molecule has 0 atom stereocenters. The smallest absolute Gasteiger partial charge is 0.356 e. The summed E-state index contributed by atoms with van der Waals surface area (Å²) in [5.74, 6) is -1.57. The average Bonchev–Trinajstić information content (AvgIpc) is 3.09. The van der Waals surface area contributed by atoms with Gasteiger partial charge in [0.05, 0.1) is 24.3 Å². The number of carboxylic acids is 1. The number of amides is 1. The van der Waals surface area contributed by atoms with Gasteiger partial charge in [-0.1, -0.05) is 17.7 Å². The molecular formula is C17H14ClN5O3. The predicted molar refractivity (Wildman–Crippen MR) is 93.4 cm³/mol. The van der Waals surface area contributed by atoms with E-state index in [1.807, 2.05) is 12.1 Å². The van der Waals surface area contributed by atoms with Crippen LogP contribution in [0.4, 0.5) is 0 Å². The fourth-order valence-electron chi connectivity index (χ4n) is 2.29. The quantitative estimate of drug-likeness (QED) is 0.738. The van der Waals surface area contributed by atoms with E-state index in [4.69, 9.17) is 16.7 Å². The molecule has 2 aromatic heterocycles. The second-order valence-corrected chi connectivity index (χ2v) is 5.96. The van der Waals surface area contributed by atoms with Crippen LogP contribution in [-0.4, -0.2) is 48.7 Å². The maximum atomic E-state index is 12.4. The molecule has 26 heavy (non-hydrogen) atoms. The summed E-state index contributed by atoms with van der Waals surface area (Å²) in [4.78, 5) is 32.2. The molecule has 1 N–H and O–H groups in total. The monoisotopic (exact) mass is 371 g/mol. The van der Waals surface area contributed by atoms with Crippen molar-refractivity contribution in [1.82, 2.24) is 24.6 Å². The van der Waals surface area contributed by atoms with E-state index in [1.54, 1.807) is 36.3 Å². The SMILES string of the molecule is CN(Cc1cnn(-c2cccc(Cl)c2)c1)C(=O)c1cnc(C(=O)O)cn1. The van der Waals surface area contributed by atoms with Crippen LogP contribution in [0.3, 0.4) is 0 Å². The van der Waals surface area contributed by atoms with Gasteiger partial charge < -0.3 is 10.0 Å². The van der Waals surface area contributed by atoms with Crippen LogP contribution in [0, 0.1) is 0 Å². The summed E-state index contributed by atoms with van der Waals surface area (Å²) in [5, 5.41) is 13.7. The van der Waals surface area contributed by atoms with Crippen LogP contribution in [0.15, 0.2) is 49.1 Å². The van der Waals surface area contributed by atoms with Crippen LogP contribution in [-0.2, 0) is 6.54 Å². The Balaban J connectivity index is 1.70. The summed E-state index contributed by atoms with van der Waals surface area (Å²) >= 11 is 5.98. The molecule has 0 bridgehead atoms. The predicted octanol–water partition coefficient (Wildman–Crippen LogP) is 2.29. The molecular weight excluding hydrogens is 358 g/mol. The minimum absolute atomic E-state index is 0.0692. The van der Waals surface area contributed by atoms with Crippen molar-refractivity contribution in [3.8, 4) is 5.69 Å². The van der Waals surface area contributed by atoms with Gasteiger partial charge in [-0.05, 0) is 18.2 Å². The molecule has 0 aliphatic heterocycles. The number of carbonyl (C=O) groups excluding carboxylic acids is 1. The molecule has 3 rings (SSSR count). The molecule has 0 saturated carbocycles. The third-order valence-corrected chi connectivity index (χ3v) is 3.80. The van der Waals surface area contributed by atoms with Crippen LogP contribution in [0.25, 0.3) is 5.69 Å². The topological polar surface area (TPSA) is 101 Å². The summed E-state index contributed by atoms with van der Waals surface area (Å²) in [6, 6.07) is 7.26. The molecule has 0 aliphatic rings. The van der Waals surface area contributed by atoms with Gasteiger partial charge in [0.15, 0.2) is 5.69 Å². The molecule has 0 aliphatic carbocycles. The molecule has 132 valence electrons. The van der Waals surface area contributed by atoms with E-state index in [1.165, 1.54) is 4.90 Å². The van der Waals surface area contributed by atoms with Crippen LogP contribution in [0.1, 0.15) is 26.5 Å². The number of hydrogen-bond acceptors (Lipinski definition) is 5. The van der Waals surface area contributed by atoms with Gasteiger partial charge in [0.2, 0.25) is 0 Å². The second-order valence-electron chi connectivity index (χ2n) is 5.53. The zero-order chi connectivity index (χ0) is 18.7. The van der Waals surface area contributed by atoms with Gasteiger partial charge in [-0.3, -0.25) is 4.79 Å². The van der Waals surface area contributed by atoms with Crippen molar-refractivity contribution in [2.24, 2.45) is 0 Å². The van der Waals surface area contributed by atoms with Crippen LogP contribution >= 0.6 is 11.6 Å². The molecule has 1 amide bonds. The fourth-order valence-corrected chi connectivity index (χ4v) is 2.48. The first kappa shape index (κ1) is 17.6. The Hall–Kier alpha value is -3.26. The van der Waals surface area contributed by atoms with E-state index in [-0.39, 0.29) is 17.3 Å². The standard InChI is InChI=1S/C17H14ClN5O3/c1-22(16(24)14-7-20-15(8-19-14)17(25)26)9-11-6-21-23(10-11)13-4-2-3-12(18)5-13/h2-8,10H,9H2,1H3,(H,25,26). The summed E-state index contributed by atoms with van der Waals surface area (Å²) in [6.07, 6.45) is 5.66. The maximum Gasteiger partial charge on any atom is 0.356 e. The van der Waals surface area contributed by atoms with Crippen molar-refractivity contribution >= 4 is 23.5 Å². The molecule has 0 saturated heterocycles. The zero-order valence-corrected chi connectivity index (χ0v) is 14.5. The second kappa shape index (κ2) is 7.32. The van der Waals surface area contributed by atoms with Gasteiger partial charge in [-0.25, -0.2) is 19.4 Å². The number of nitrogens with zero attached hydrogens (tertiary/aromatic N) is 5. The number of carbonyl (C=O) groups is 2. The highest BCUT2D eigenvalue weighted by molar-refractivity contribution is 6.30. The summed E-state index contributed by atoms with van der Waals surface area (Å²) in [5.41, 5.74) is 1.48. The highest BCUT2D eigenvalue weighted by atomic mass is 35.5. The fraction of sp³-hybridized carbons (Fsp3) is 0.118. The Kier molecular flexibility index (Phi) is 4.94. The van der Waals surface area contributed by atoms with Gasteiger partial charge in [0, 0.05) is 30.4 Å². The minimum Gasteiger partial charge on any atom is -0.476 e. The van der Waals surface area contributed by atoms with Gasteiger partial charge in [0.1, 0.15) is 5.69 Å². The third kappa shape index (κ3) is 3.86. The highest BCUT2D eigenvalue weighted by Crippen LogP contribution is 2.15. The van der Waals surface area contributed by atoms with E-state index in [9.17, 15) is 9.59 Å². The number of aromatic carboxylic acids is 1. The molecule has 9 heteroatoms. The Morgan fingerprint density at radius 1 is 1.19 bits per heavy atom. The van der Waals surface area contributed by atoms with Crippen molar-refractivity contribution in [3.63, 3.8) is 0 Å². The molecule has 8 nitrogen and oxygen atoms in total. The number of halogens is 1. The number of carboxylic acid groups (broad SMARTS) is 1. The maximum absolute atomic E-state index is 12.4. The summed E-state index contributed by atoms with van der Waals surface area (Å²) in [7, 11) is 1.62. The van der Waals surface area contributed by atoms with Crippen molar-refractivity contribution in [2.75, 3.05) is 7.05 Å². The van der Waals surface area contributed by atoms with Crippen molar-refractivity contribution in [1.29, 1.82) is 0 Å². The molecule has 1 aromatic carbocycles. The molecule has 0 spiro atoms. The molecule has 2 heterocycles. The number of rotatable bonds is 5. The Morgan fingerprint density at radius 2 is 1.92 bits per heavy atom. The van der Waals surface area contributed by atoms with Gasteiger partial charge in [-0.2, -0.15) is 5.10 Å². The highest BCUT2D eigenvalue weighted by Gasteiger charge is 2.16. The van der Waals surface area contributed by atoms with E-state index in [2.05, 4.69) is 15.1 Å². The van der Waals surface area contributed by atoms with Crippen molar-refractivity contribution in [2.45, 2.75) is 6.54 Å². The first-order valence-electron chi connectivity index (χ1n) is 7.54. The average molecular weight is 372 g/mol. The van der Waals surface area contributed by atoms with Crippen LogP contribution < -0.4 is 0 Å². The van der Waals surface area contributed by atoms with E-state index >= 15 is 0 Å². The lowest BCUT2D eigenvalue weighted by molar-refractivity contribution is 0.0687. The van der Waals surface area contributed by atoms with Gasteiger partial charge >= 0.3 is 5.97 Å². The number of hydrogen-bond donors (Lipinski definition) is 1. The minimum atomic E-state index is -1.20. The van der Waals surface area contributed by atoms with E-state index in [0.29, 0.717) is 11.6 Å². The summed E-state index contributed by atoms with van der Waals surface area (Å²) < 4.78 is 1.67. The Bertz CT molecular complexity index is 955. The van der Waals surface area contributed by atoms with E-state index in [0.717, 1.165) is 23.6 Å². The summed E-state index contributed by atoms with van der Waals surface area (Å²) in [6.45, 7) is 0.307. The Morgan fingerprint density at radius 3 is 2.58 bits per heavy atom. The lowest BCUT2D eigenvalue weighted by Gasteiger charge is -2.15. The lowest BCUT2D eigenvalue weighted by atomic mass is 10.3. The van der Waals surface area contributed by atoms with Gasteiger partial charge in [-0.15, -0.1) is 0 Å². The largest absolute Gasteiger partial charge is 0.476 e. The molecule has 0 radical (unpaired) electrons. The van der Waals surface area contributed by atoms with Crippen LogP contribution in [0.5, 0.6) is 0 Å². The van der Waals surface area contributed by atoms with E-state index < -0.39 is 5.97 Å². The normalized spacial score (nSPS) is 10.5. The number of aromatic nitrogens is 4. The third-order valence-electron chi connectivity index (χ3n) is 3.57. The van der Waals surface area contributed by atoms with Crippen molar-refractivity contribution < 1.29 is 14.7 Å². The first-order valence-corrected chi connectivity index (χ1v) is 7.92. The zero-order valence-electron chi connectivity index (χ0n) is 13.7.